The molecule has 7 nitrogen and oxygen atoms in total. The topological polar surface area (TPSA) is 70.6 Å². The van der Waals surface area contributed by atoms with Crippen molar-refractivity contribution in [3.8, 4) is 5.75 Å². The third-order valence-electron chi connectivity index (χ3n) is 6.57. The zero-order valence-electron chi connectivity index (χ0n) is 21.7. The van der Waals surface area contributed by atoms with E-state index >= 15 is 0 Å². The number of carbonyl (C=O) groups is 1. The molecule has 1 N–H and O–H groups in total. The average molecular weight is 526 g/mol. The molecule has 0 spiro atoms. The maximum atomic E-state index is 13.6. The fourth-order valence-electron chi connectivity index (χ4n) is 4.45. The molecule has 196 valence electrons. The predicted octanol–water partition coefficient (Wildman–Crippen LogP) is 5.26. The van der Waals surface area contributed by atoms with Gasteiger partial charge in [0, 0.05) is 67.4 Å². The number of nitrogens with zero attached hydrogens (tertiary/aromatic N) is 4. The first kappa shape index (κ1) is 27.0. The molecule has 1 saturated heterocycles. The van der Waals surface area contributed by atoms with Gasteiger partial charge in [-0.3, -0.25) is 14.6 Å². The number of hydrogen-bond donors (Lipinski definition) is 1. The molecular weight excluding hydrogens is 493 g/mol. The van der Waals surface area contributed by atoms with Crippen molar-refractivity contribution in [3.05, 3.63) is 65.2 Å². The first-order valence-corrected chi connectivity index (χ1v) is 12.7. The monoisotopic (exact) mass is 525 g/mol. The molecule has 0 bridgehead atoms. The summed E-state index contributed by atoms with van der Waals surface area (Å²) in [7, 11) is 1.57. The minimum absolute atomic E-state index is 0.0114. The Labute approximate surface area is 222 Å². The Bertz CT molecular complexity index is 1300. The van der Waals surface area contributed by atoms with Crippen molar-refractivity contribution in [1.82, 2.24) is 19.8 Å². The Morgan fingerprint density at radius 1 is 1.16 bits per heavy atom. The highest BCUT2D eigenvalue weighted by molar-refractivity contribution is 6.31. The molecule has 1 fully saturated rings. The van der Waals surface area contributed by atoms with Gasteiger partial charge in [0.2, 0.25) is 0 Å². The van der Waals surface area contributed by atoms with E-state index in [1.165, 1.54) is 18.5 Å². The second-order valence-electron chi connectivity index (χ2n) is 10.2. The second kappa shape index (κ2) is 11.5. The van der Waals surface area contributed by atoms with E-state index in [0.29, 0.717) is 28.2 Å². The van der Waals surface area contributed by atoms with E-state index in [1.54, 1.807) is 25.3 Å². The van der Waals surface area contributed by atoms with Crippen LogP contribution in [0, 0.1) is 5.82 Å². The fourth-order valence-corrected chi connectivity index (χ4v) is 4.63. The summed E-state index contributed by atoms with van der Waals surface area (Å²) in [5.41, 5.74) is 2.16. The van der Waals surface area contributed by atoms with Gasteiger partial charge in [0.05, 0.1) is 17.6 Å². The molecule has 0 unspecified atom stereocenters. The van der Waals surface area contributed by atoms with Gasteiger partial charge in [-0.1, -0.05) is 17.7 Å². The maximum absolute atomic E-state index is 13.6. The number of hydrogen-bond acceptors (Lipinski definition) is 7. The van der Waals surface area contributed by atoms with Crippen LogP contribution < -0.4 is 10.1 Å². The summed E-state index contributed by atoms with van der Waals surface area (Å²) in [6.45, 7) is 11.5. The van der Waals surface area contributed by atoms with Gasteiger partial charge in [0.1, 0.15) is 23.7 Å². The summed E-state index contributed by atoms with van der Waals surface area (Å²) >= 11 is 5.92. The number of anilines is 2. The quantitative estimate of drug-likeness (QED) is 0.402. The molecule has 1 aliphatic heterocycles. The molecule has 37 heavy (non-hydrogen) atoms. The number of benzene rings is 2. The Balaban J connectivity index is 1.45. The summed E-state index contributed by atoms with van der Waals surface area (Å²) in [5.74, 6) is 0.601. The molecule has 2 heterocycles. The molecule has 0 radical (unpaired) electrons. The number of methoxy groups -OCH3 is 1. The highest BCUT2D eigenvalue weighted by Gasteiger charge is 2.25. The smallest absolute Gasteiger partial charge is 0.159 e. The summed E-state index contributed by atoms with van der Waals surface area (Å²) in [4.78, 5) is 26.4. The lowest BCUT2D eigenvalue weighted by Gasteiger charge is -2.42. The number of ketones is 1. The van der Waals surface area contributed by atoms with Crippen molar-refractivity contribution >= 4 is 39.8 Å². The lowest BCUT2D eigenvalue weighted by Crippen LogP contribution is -2.53. The van der Waals surface area contributed by atoms with Crippen LogP contribution in [0.5, 0.6) is 5.75 Å². The zero-order chi connectivity index (χ0) is 26.6. The van der Waals surface area contributed by atoms with Crippen molar-refractivity contribution in [2.24, 2.45) is 0 Å². The van der Waals surface area contributed by atoms with E-state index in [0.717, 1.165) is 38.3 Å². The van der Waals surface area contributed by atoms with Crippen LogP contribution in [0.15, 0.2) is 48.8 Å². The number of aromatic nitrogens is 2. The average Bonchev–Trinajstić information content (AvgIpc) is 2.86. The highest BCUT2D eigenvalue weighted by Crippen LogP contribution is 2.31. The molecule has 0 amide bonds. The first-order valence-electron chi connectivity index (χ1n) is 12.3. The Kier molecular flexibility index (Phi) is 8.42. The Hall–Kier alpha value is -3.07. The number of fused-ring (bicyclic) bond motifs is 1. The lowest BCUT2D eigenvalue weighted by molar-refractivity contribution is -0.114. The molecule has 1 aliphatic rings. The van der Waals surface area contributed by atoms with E-state index < -0.39 is 5.82 Å². The standard InChI is InChI=1S/C28H33ClFN5O2/c1-28(2,3)35-12-10-34(11-13-35)9-5-6-21(36)14-19-15-22-25(17-26(19)37-4)31-18-32-27(22)33-20-7-8-24(30)23(29)16-20/h5-8,15-18H,9-14H2,1-4H3,(H,31,32,33)/b6-5+. The Morgan fingerprint density at radius 2 is 1.92 bits per heavy atom. The third-order valence-corrected chi connectivity index (χ3v) is 6.86. The van der Waals surface area contributed by atoms with E-state index in [1.807, 2.05) is 12.1 Å². The normalized spacial score (nSPS) is 15.4. The maximum Gasteiger partial charge on any atom is 0.159 e. The van der Waals surface area contributed by atoms with Crippen LogP contribution >= 0.6 is 11.6 Å². The number of nitrogens with one attached hydrogen (secondary N) is 1. The van der Waals surface area contributed by atoms with Crippen LogP contribution in [0.1, 0.15) is 26.3 Å². The highest BCUT2D eigenvalue weighted by atomic mass is 35.5. The molecule has 1 aromatic heterocycles. The van der Waals surface area contributed by atoms with Gasteiger partial charge in [-0.25, -0.2) is 14.4 Å². The first-order chi connectivity index (χ1) is 17.6. The lowest BCUT2D eigenvalue weighted by atomic mass is 10.0. The number of ether oxygens (including phenoxy) is 1. The minimum atomic E-state index is -0.495. The summed E-state index contributed by atoms with van der Waals surface area (Å²) in [5, 5.41) is 3.89. The molecular formula is C28H33ClFN5O2. The van der Waals surface area contributed by atoms with Crippen LogP contribution in [0.25, 0.3) is 10.9 Å². The molecule has 0 saturated carbocycles. The van der Waals surface area contributed by atoms with E-state index in [2.05, 4.69) is 45.9 Å². The van der Waals surface area contributed by atoms with Crippen LogP contribution in [0.2, 0.25) is 5.02 Å². The van der Waals surface area contributed by atoms with Crippen LogP contribution in [0.3, 0.4) is 0 Å². The van der Waals surface area contributed by atoms with Gasteiger partial charge in [-0.2, -0.15) is 0 Å². The van der Waals surface area contributed by atoms with Gasteiger partial charge in [0.15, 0.2) is 5.78 Å². The zero-order valence-corrected chi connectivity index (χ0v) is 22.5. The number of halogens is 2. The van der Waals surface area contributed by atoms with E-state index in [4.69, 9.17) is 16.3 Å². The molecule has 0 aliphatic carbocycles. The van der Waals surface area contributed by atoms with Crippen molar-refractivity contribution < 1.29 is 13.9 Å². The molecule has 4 rings (SSSR count). The van der Waals surface area contributed by atoms with Gasteiger partial charge < -0.3 is 10.1 Å². The number of piperazine rings is 1. The number of carbonyl (C=O) groups excluding carboxylic acids is 1. The summed E-state index contributed by atoms with van der Waals surface area (Å²) in [6.07, 6.45) is 5.21. The Morgan fingerprint density at radius 3 is 2.59 bits per heavy atom. The SMILES string of the molecule is COc1cc2ncnc(Nc3ccc(F)c(Cl)c3)c2cc1CC(=O)/C=C/CN1CCN(C(C)(C)C)CC1. The molecule has 3 aromatic rings. The van der Waals surface area contributed by atoms with Gasteiger partial charge in [-0.15, -0.1) is 0 Å². The van der Waals surface area contributed by atoms with Crippen LogP contribution in [0.4, 0.5) is 15.9 Å². The van der Waals surface area contributed by atoms with E-state index in [9.17, 15) is 9.18 Å². The number of allylic oxidation sites excluding steroid dienone is 1. The van der Waals surface area contributed by atoms with Crippen LogP contribution in [-0.2, 0) is 11.2 Å². The molecule has 0 atom stereocenters. The molecule has 9 heteroatoms. The van der Waals surface area contributed by atoms with Crippen molar-refractivity contribution in [3.63, 3.8) is 0 Å². The number of rotatable bonds is 8. The van der Waals surface area contributed by atoms with E-state index in [-0.39, 0.29) is 22.8 Å². The molecule has 2 aromatic carbocycles. The van der Waals surface area contributed by atoms with Crippen LogP contribution in [-0.4, -0.2) is 70.9 Å². The van der Waals surface area contributed by atoms with Crippen molar-refractivity contribution in [1.29, 1.82) is 0 Å². The minimum Gasteiger partial charge on any atom is -0.496 e. The summed E-state index contributed by atoms with van der Waals surface area (Å²) < 4.78 is 19.1. The second-order valence-corrected chi connectivity index (χ2v) is 10.6. The third kappa shape index (κ3) is 6.83. The largest absolute Gasteiger partial charge is 0.496 e. The summed E-state index contributed by atoms with van der Waals surface area (Å²) in [6, 6.07) is 8.02. The van der Waals surface area contributed by atoms with Gasteiger partial charge in [-0.05, 0) is 51.1 Å². The van der Waals surface area contributed by atoms with Crippen molar-refractivity contribution in [2.75, 3.05) is 45.2 Å². The van der Waals surface area contributed by atoms with Crippen molar-refractivity contribution in [2.45, 2.75) is 32.7 Å². The predicted molar refractivity (Wildman–Crippen MR) is 146 cm³/mol. The van der Waals surface area contributed by atoms with Gasteiger partial charge >= 0.3 is 0 Å². The van der Waals surface area contributed by atoms with Gasteiger partial charge in [0.25, 0.3) is 0 Å². The fraction of sp³-hybridized carbons (Fsp3) is 0.393.